The van der Waals surface area contributed by atoms with Gasteiger partial charge in [0.05, 0.1) is 33.8 Å². The molecule has 70 heavy (non-hydrogen) atoms. The van der Waals surface area contributed by atoms with Crippen LogP contribution in [0.2, 0.25) is 0 Å². The van der Waals surface area contributed by atoms with Crippen LogP contribution in [0.25, 0.3) is 0 Å². The van der Waals surface area contributed by atoms with Crippen molar-refractivity contribution in [2.24, 2.45) is 0 Å². The van der Waals surface area contributed by atoms with Crippen LogP contribution in [0.15, 0.2) is 109 Å². The van der Waals surface area contributed by atoms with E-state index < -0.39 is 32.5 Å². The molecule has 0 saturated heterocycles. The topological polar surface area (TPSA) is 114 Å². The number of esters is 1. The number of ether oxygens (including phenoxy) is 1. The molecular formula is C60H103N2O7P. The van der Waals surface area contributed by atoms with Crippen LogP contribution in [0.5, 0.6) is 0 Å². The van der Waals surface area contributed by atoms with E-state index in [0.29, 0.717) is 23.9 Å². The van der Waals surface area contributed by atoms with E-state index in [0.717, 1.165) is 89.9 Å². The molecule has 0 spiro atoms. The second kappa shape index (κ2) is 49.3. The molecule has 0 rings (SSSR count). The van der Waals surface area contributed by atoms with E-state index in [1.54, 1.807) is 6.08 Å². The Kier molecular flexibility index (Phi) is 46.9. The normalized spacial score (nSPS) is 14.7. The minimum absolute atomic E-state index is 0.0429. The number of quaternary nitrogens is 1. The Morgan fingerprint density at radius 2 is 0.929 bits per heavy atom. The third-order valence-corrected chi connectivity index (χ3v) is 12.4. The highest BCUT2D eigenvalue weighted by Gasteiger charge is 2.27. The van der Waals surface area contributed by atoms with Crippen LogP contribution in [0, 0.1) is 0 Å². The van der Waals surface area contributed by atoms with Gasteiger partial charge in [0, 0.05) is 12.8 Å². The molecule has 400 valence electrons. The molecular weight excluding hydrogens is 892 g/mol. The third-order valence-electron chi connectivity index (χ3n) is 11.4. The summed E-state index contributed by atoms with van der Waals surface area (Å²) in [6.07, 6.45) is 66.4. The van der Waals surface area contributed by atoms with Crippen LogP contribution in [0.3, 0.4) is 0 Å². The molecule has 0 aromatic rings. The summed E-state index contributed by atoms with van der Waals surface area (Å²) >= 11 is 0. The van der Waals surface area contributed by atoms with Crippen LogP contribution in [0.4, 0.5) is 0 Å². The standard InChI is InChI=1S/C60H103N2O7P/c1-7-10-13-16-19-22-25-27-29-31-33-35-38-41-44-47-50-53-60(64)69-58(51-48-45-42-39-36-24-21-18-15-12-9-3)57(56-68-70(65,66)67-55-54-62(4,5)6)61-59(63)52-49-46-43-40-37-34-32-30-28-26-23-20-17-14-11-8-2/h11,14,19-20,22-23,27-30,33-35,37,41,44,48,51,57-58H,7-10,12-13,15-18,21,24-26,31-32,36,38-40,42-43,45-47,49-50,52-56H2,1-6H3,(H-,61,63,65,66)/b14-11+,22-19-,23-20+,29-27-,30-28+,35-33-,37-34+,44-41-,51-48+. The number of nitrogens with one attached hydrogen (secondary N) is 1. The van der Waals surface area contributed by atoms with E-state index in [4.69, 9.17) is 13.8 Å². The molecule has 0 saturated carbocycles. The highest BCUT2D eigenvalue weighted by Crippen LogP contribution is 2.38. The zero-order chi connectivity index (χ0) is 51.5. The quantitative estimate of drug-likeness (QED) is 0.0212. The molecule has 9 nitrogen and oxygen atoms in total. The molecule has 0 aromatic carbocycles. The molecule has 0 bridgehead atoms. The minimum atomic E-state index is -4.72. The highest BCUT2D eigenvalue weighted by atomic mass is 31.2. The summed E-state index contributed by atoms with van der Waals surface area (Å²) in [6, 6.07) is -0.932. The number of unbranched alkanes of at least 4 members (excludes halogenated alkanes) is 16. The molecule has 0 aliphatic rings. The second-order valence-corrected chi connectivity index (χ2v) is 20.8. The fourth-order valence-corrected chi connectivity index (χ4v) is 7.87. The van der Waals surface area contributed by atoms with Gasteiger partial charge >= 0.3 is 5.97 Å². The summed E-state index contributed by atoms with van der Waals surface area (Å²) in [5.74, 6) is -0.654. The van der Waals surface area contributed by atoms with Crippen molar-refractivity contribution in [1.82, 2.24) is 5.32 Å². The maximum absolute atomic E-state index is 13.4. The number of amides is 1. The number of allylic oxidation sites excluding steroid dienone is 17. The minimum Gasteiger partial charge on any atom is -0.756 e. The number of carbonyl (C=O) groups is 2. The molecule has 0 fully saturated rings. The van der Waals surface area contributed by atoms with Gasteiger partial charge < -0.3 is 28.5 Å². The first-order valence-electron chi connectivity index (χ1n) is 27.7. The number of nitrogens with zero attached hydrogens (tertiary/aromatic N) is 1. The van der Waals surface area contributed by atoms with Crippen molar-refractivity contribution in [3.63, 3.8) is 0 Å². The van der Waals surface area contributed by atoms with E-state index in [-0.39, 0.29) is 25.4 Å². The van der Waals surface area contributed by atoms with Crippen LogP contribution in [0.1, 0.15) is 207 Å². The summed E-state index contributed by atoms with van der Waals surface area (Å²) in [5, 5.41) is 2.98. The molecule has 0 heterocycles. The Hall–Kier alpha value is -3.33. The lowest BCUT2D eigenvalue weighted by molar-refractivity contribution is -0.870. The van der Waals surface area contributed by atoms with Crippen LogP contribution < -0.4 is 10.2 Å². The highest BCUT2D eigenvalue weighted by molar-refractivity contribution is 7.45. The van der Waals surface area contributed by atoms with E-state index in [1.165, 1.54) is 70.6 Å². The Morgan fingerprint density at radius 1 is 0.514 bits per heavy atom. The van der Waals surface area contributed by atoms with Gasteiger partial charge in [0.1, 0.15) is 19.3 Å². The largest absolute Gasteiger partial charge is 0.756 e. The van der Waals surface area contributed by atoms with Gasteiger partial charge in [0.2, 0.25) is 5.91 Å². The van der Waals surface area contributed by atoms with Crippen LogP contribution in [-0.2, 0) is 27.9 Å². The molecule has 0 aromatic heterocycles. The number of carbonyl (C=O) groups excluding carboxylic acids is 2. The van der Waals surface area contributed by atoms with E-state index in [2.05, 4.69) is 123 Å². The Morgan fingerprint density at radius 3 is 1.43 bits per heavy atom. The number of rotatable bonds is 48. The zero-order valence-electron chi connectivity index (χ0n) is 45.4. The van der Waals surface area contributed by atoms with Crippen molar-refractivity contribution in [2.45, 2.75) is 219 Å². The van der Waals surface area contributed by atoms with Gasteiger partial charge in [0.25, 0.3) is 7.82 Å². The SMILES string of the molecule is CC/C=C/C/C=C/C/C=C/C/C=C/CCCCCC(=O)NC(COP(=O)([O-])OCC[N+](C)(C)C)C(/C=C/CCCCCCCCCCC)OC(=O)CCC/C=C\C/C=C\C/C=C\C/C=C\CCCCC. The predicted molar refractivity (Wildman–Crippen MR) is 297 cm³/mol. The van der Waals surface area contributed by atoms with Crippen molar-refractivity contribution in [1.29, 1.82) is 0 Å². The van der Waals surface area contributed by atoms with Crippen molar-refractivity contribution in [3.05, 3.63) is 109 Å². The number of hydrogen-bond acceptors (Lipinski definition) is 7. The fourth-order valence-electron chi connectivity index (χ4n) is 7.15. The van der Waals surface area contributed by atoms with E-state index >= 15 is 0 Å². The Bertz CT molecular complexity index is 1570. The van der Waals surface area contributed by atoms with E-state index in [1.807, 2.05) is 27.2 Å². The average molecular weight is 995 g/mol. The molecule has 0 radical (unpaired) electrons. The lowest BCUT2D eigenvalue weighted by Crippen LogP contribution is -2.47. The average Bonchev–Trinajstić information content (AvgIpc) is 3.32. The molecule has 0 aliphatic carbocycles. The molecule has 3 atom stereocenters. The number of phosphoric acid groups is 1. The van der Waals surface area contributed by atoms with Gasteiger partial charge in [-0.25, -0.2) is 0 Å². The maximum Gasteiger partial charge on any atom is 0.306 e. The summed E-state index contributed by atoms with van der Waals surface area (Å²) in [7, 11) is 1.12. The first kappa shape index (κ1) is 66.7. The first-order chi connectivity index (χ1) is 33.9. The van der Waals surface area contributed by atoms with Crippen LogP contribution in [-0.4, -0.2) is 69.4 Å². The maximum atomic E-state index is 13.4. The Labute approximate surface area is 430 Å². The lowest BCUT2D eigenvalue weighted by atomic mass is 10.1. The first-order valence-corrected chi connectivity index (χ1v) is 29.2. The van der Waals surface area contributed by atoms with Gasteiger partial charge in [-0.2, -0.15) is 0 Å². The summed E-state index contributed by atoms with van der Waals surface area (Å²) in [5.41, 5.74) is 0. The van der Waals surface area contributed by atoms with Crippen molar-refractivity contribution in [3.8, 4) is 0 Å². The third kappa shape index (κ3) is 49.6. The van der Waals surface area contributed by atoms with Gasteiger partial charge in [-0.15, -0.1) is 0 Å². The van der Waals surface area contributed by atoms with Gasteiger partial charge in [-0.1, -0.05) is 195 Å². The summed E-state index contributed by atoms with van der Waals surface area (Å²) in [6.45, 7) is 6.60. The lowest BCUT2D eigenvalue weighted by Gasteiger charge is -2.30. The second-order valence-electron chi connectivity index (χ2n) is 19.3. The summed E-state index contributed by atoms with van der Waals surface area (Å²) < 4.78 is 30.1. The molecule has 1 amide bonds. The van der Waals surface area contributed by atoms with Gasteiger partial charge in [-0.05, 0) is 109 Å². The van der Waals surface area contributed by atoms with Gasteiger partial charge in [0.15, 0.2) is 0 Å². The molecule has 1 N–H and O–H groups in total. The van der Waals surface area contributed by atoms with Crippen molar-refractivity contribution < 1.29 is 37.3 Å². The van der Waals surface area contributed by atoms with Crippen molar-refractivity contribution in [2.75, 3.05) is 40.9 Å². The molecule has 0 aliphatic heterocycles. The number of likely N-dealkylation sites (N-methyl/N-ethyl adjacent to an activating group) is 1. The smallest absolute Gasteiger partial charge is 0.306 e. The predicted octanol–water partition coefficient (Wildman–Crippen LogP) is 16.0. The van der Waals surface area contributed by atoms with Gasteiger partial charge in [-0.3, -0.25) is 14.2 Å². The monoisotopic (exact) mass is 995 g/mol. The molecule has 3 unspecified atom stereocenters. The van der Waals surface area contributed by atoms with Crippen molar-refractivity contribution >= 4 is 19.7 Å². The number of phosphoric ester groups is 1. The zero-order valence-corrected chi connectivity index (χ0v) is 46.3. The fraction of sp³-hybridized carbons (Fsp3) is 0.667. The van der Waals surface area contributed by atoms with Crippen LogP contribution >= 0.6 is 7.82 Å². The van der Waals surface area contributed by atoms with E-state index in [9.17, 15) is 19.0 Å². The Balaban J connectivity index is 5.52. The number of hydrogen-bond donors (Lipinski definition) is 1. The molecule has 10 heteroatoms. The summed E-state index contributed by atoms with van der Waals surface area (Å²) in [4.78, 5) is 39.8.